The van der Waals surface area contributed by atoms with Gasteiger partial charge in [0.15, 0.2) is 5.96 Å². The van der Waals surface area contributed by atoms with E-state index in [0.29, 0.717) is 25.1 Å². The molecule has 1 fully saturated rings. The lowest BCUT2D eigenvalue weighted by molar-refractivity contribution is 0.201. The van der Waals surface area contributed by atoms with Crippen molar-refractivity contribution in [3.63, 3.8) is 0 Å². The molecule has 1 aliphatic rings. The molecule has 2 rings (SSSR count). The Hall–Kier alpha value is -1.82. The smallest absolute Gasteiger partial charge is 0.213 e. The maximum absolute atomic E-state index is 5.93. The van der Waals surface area contributed by atoms with Gasteiger partial charge in [-0.25, -0.2) is 4.98 Å². The molecule has 0 aliphatic heterocycles. The molecule has 2 N–H and O–H groups in total. The first-order chi connectivity index (χ1) is 10.8. The van der Waals surface area contributed by atoms with Crippen molar-refractivity contribution in [1.82, 2.24) is 15.6 Å². The van der Waals surface area contributed by atoms with Gasteiger partial charge in [0, 0.05) is 39.5 Å². The molecule has 1 aromatic rings. The Morgan fingerprint density at radius 1 is 1.36 bits per heavy atom. The molecule has 122 valence electrons. The predicted molar refractivity (Wildman–Crippen MR) is 87.2 cm³/mol. The number of ether oxygens (including phenoxy) is 2. The quantitative estimate of drug-likeness (QED) is 0.456. The zero-order valence-electron chi connectivity index (χ0n) is 13.5. The highest BCUT2D eigenvalue weighted by atomic mass is 16.5. The Kier molecular flexibility index (Phi) is 6.96. The maximum Gasteiger partial charge on any atom is 0.213 e. The van der Waals surface area contributed by atoms with Gasteiger partial charge in [0.2, 0.25) is 5.88 Å². The van der Waals surface area contributed by atoms with Crippen molar-refractivity contribution >= 4 is 5.96 Å². The Bertz CT molecular complexity index is 473. The largest absolute Gasteiger partial charge is 0.474 e. The first-order valence-corrected chi connectivity index (χ1v) is 7.87. The molecule has 1 saturated carbocycles. The summed E-state index contributed by atoms with van der Waals surface area (Å²) in [5.74, 6) is 1.47. The maximum atomic E-state index is 5.93. The number of hydrogen-bond donors (Lipinski definition) is 2. The van der Waals surface area contributed by atoms with Crippen LogP contribution < -0.4 is 15.4 Å². The third-order valence-electron chi connectivity index (χ3n) is 3.67. The van der Waals surface area contributed by atoms with Crippen LogP contribution in [-0.4, -0.2) is 44.4 Å². The highest BCUT2D eigenvalue weighted by Crippen LogP contribution is 2.23. The van der Waals surface area contributed by atoms with Gasteiger partial charge in [-0.1, -0.05) is 0 Å². The zero-order chi connectivity index (χ0) is 15.6. The van der Waals surface area contributed by atoms with Gasteiger partial charge in [-0.2, -0.15) is 0 Å². The van der Waals surface area contributed by atoms with Gasteiger partial charge >= 0.3 is 0 Å². The summed E-state index contributed by atoms with van der Waals surface area (Å²) < 4.78 is 10.9. The molecule has 1 aliphatic carbocycles. The number of hydrogen-bond acceptors (Lipinski definition) is 4. The number of methoxy groups -OCH3 is 1. The molecule has 0 bridgehead atoms. The molecule has 0 radical (unpaired) electrons. The standard InChI is InChI=1S/C16H26N4O2/c1-17-16(19-9-10-21-2)20-12-13-7-8-18-15(11-13)22-14-5-3-4-6-14/h7-8,11,14H,3-6,9-10,12H2,1-2H3,(H2,17,19,20). The van der Waals surface area contributed by atoms with Crippen LogP contribution in [0.5, 0.6) is 5.88 Å². The van der Waals surface area contributed by atoms with E-state index in [1.807, 2.05) is 12.1 Å². The van der Waals surface area contributed by atoms with Crippen LogP contribution in [0.2, 0.25) is 0 Å². The zero-order valence-corrected chi connectivity index (χ0v) is 13.5. The second kappa shape index (κ2) is 9.25. The molecule has 6 heteroatoms. The van der Waals surface area contributed by atoms with E-state index in [0.717, 1.165) is 30.9 Å². The van der Waals surface area contributed by atoms with E-state index in [1.54, 1.807) is 20.4 Å². The Morgan fingerprint density at radius 2 is 2.18 bits per heavy atom. The van der Waals surface area contributed by atoms with E-state index in [9.17, 15) is 0 Å². The summed E-state index contributed by atoms with van der Waals surface area (Å²) in [5.41, 5.74) is 1.12. The number of nitrogens with one attached hydrogen (secondary N) is 2. The van der Waals surface area contributed by atoms with E-state index < -0.39 is 0 Å². The van der Waals surface area contributed by atoms with Gasteiger partial charge in [0.05, 0.1) is 6.61 Å². The summed E-state index contributed by atoms with van der Waals surface area (Å²) in [4.78, 5) is 8.47. The van der Waals surface area contributed by atoms with Gasteiger partial charge in [-0.15, -0.1) is 0 Å². The normalized spacial score (nSPS) is 15.8. The van der Waals surface area contributed by atoms with Crippen molar-refractivity contribution in [2.45, 2.75) is 38.3 Å². The minimum Gasteiger partial charge on any atom is -0.474 e. The Morgan fingerprint density at radius 3 is 2.91 bits per heavy atom. The molecule has 22 heavy (non-hydrogen) atoms. The third-order valence-corrected chi connectivity index (χ3v) is 3.67. The molecule has 1 heterocycles. The summed E-state index contributed by atoms with van der Waals surface area (Å²) in [6.07, 6.45) is 6.92. The SMILES string of the molecule is CN=C(NCCOC)NCc1ccnc(OC2CCCC2)c1. The van der Waals surface area contributed by atoms with Crippen LogP contribution in [0.25, 0.3) is 0 Å². The number of aliphatic imine (C=N–C) groups is 1. The summed E-state index contributed by atoms with van der Waals surface area (Å²) >= 11 is 0. The molecule has 0 atom stereocenters. The van der Waals surface area contributed by atoms with Crippen molar-refractivity contribution in [2.24, 2.45) is 4.99 Å². The van der Waals surface area contributed by atoms with Crippen LogP contribution in [0, 0.1) is 0 Å². The highest BCUT2D eigenvalue weighted by Gasteiger charge is 2.16. The average Bonchev–Trinajstić information content (AvgIpc) is 3.04. The monoisotopic (exact) mass is 306 g/mol. The first kappa shape index (κ1) is 16.5. The summed E-state index contributed by atoms with van der Waals surface area (Å²) in [7, 11) is 3.43. The van der Waals surface area contributed by atoms with Gasteiger partial charge in [-0.05, 0) is 37.3 Å². The lowest BCUT2D eigenvalue weighted by Crippen LogP contribution is -2.38. The molecule has 0 saturated heterocycles. The number of rotatable bonds is 7. The van der Waals surface area contributed by atoms with E-state index in [2.05, 4.69) is 20.6 Å². The van der Waals surface area contributed by atoms with Gasteiger partial charge in [0.1, 0.15) is 6.10 Å². The minimum atomic E-state index is 0.333. The van der Waals surface area contributed by atoms with E-state index >= 15 is 0 Å². The molecular formula is C16H26N4O2. The molecule has 1 aromatic heterocycles. The minimum absolute atomic E-state index is 0.333. The van der Waals surface area contributed by atoms with Crippen molar-refractivity contribution in [3.8, 4) is 5.88 Å². The summed E-state index contributed by atoms with van der Waals surface area (Å²) in [6.45, 7) is 2.05. The van der Waals surface area contributed by atoms with Crippen LogP contribution in [0.3, 0.4) is 0 Å². The van der Waals surface area contributed by atoms with Gasteiger partial charge < -0.3 is 20.1 Å². The lowest BCUT2D eigenvalue weighted by atomic mass is 10.2. The Balaban J connectivity index is 1.81. The van der Waals surface area contributed by atoms with Gasteiger partial charge in [0.25, 0.3) is 0 Å². The average molecular weight is 306 g/mol. The number of pyridine rings is 1. The Labute approximate surface area is 132 Å². The molecule has 0 amide bonds. The second-order valence-electron chi connectivity index (χ2n) is 5.37. The van der Waals surface area contributed by atoms with Crippen LogP contribution in [0.1, 0.15) is 31.2 Å². The highest BCUT2D eigenvalue weighted by molar-refractivity contribution is 5.79. The third kappa shape index (κ3) is 5.52. The fraction of sp³-hybridized carbons (Fsp3) is 0.625. The van der Waals surface area contributed by atoms with Crippen LogP contribution in [-0.2, 0) is 11.3 Å². The topological polar surface area (TPSA) is 67.8 Å². The lowest BCUT2D eigenvalue weighted by Gasteiger charge is -2.14. The molecule has 0 unspecified atom stereocenters. The van der Waals surface area contributed by atoms with Crippen molar-refractivity contribution < 1.29 is 9.47 Å². The van der Waals surface area contributed by atoms with E-state index in [4.69, 9.17) is 9.47 Å². The fourth-order valence-electron chi connectivity index (χ4n) is 2.48. The van der Waals surface area contributed by atoms with Gasteiger partial charge in [-0.3, -0.25) is 4.99 Å². The van der Waals surface area contributed by atoms with Crippen LogP contribution in [0.4, 0.5) is 0 Å². The molecular weight excluding hydrogens is 280 g/mol. The number of aromatic nitrogens is 1. The predicted octanol–water partition coefficient (Wildman–Crippen LogP) is 1.71. The number of nitrogens with zero attached hydrogens (tertiary/aromatic N) is 2. The van der Waals surface area contributed by atoms with Crippen LogP contribution in [0.15, 0.2) is 23.3 Å². The molecule has 0 spiro atoms. The number of guanidine groups is 1. The van der Waals surface area contributed by atoms with Crippen LogP contribution >= 0.6 is 0 Å². The first-order valence-electron chi connectivity index (χ1n) is 7.87. The van der Waals surface area contributed by atoms with Crippen molar-refractivity contribution in [1.29, 1.82) is 0 Å². The fourth-order valence-corrected chi connectivity index (χ4v) is 2.48. The van der Waals surface area contributed by atoms with E-state index in [-0.39, 0.29) is 0 Å². The summed E-state index contributed by atoms with van der Waals surface area (Å²) in [5, 5.41) is 6.45. The van der Waals surface area contributed by atoms with Crippen molar-refractivity contribution in [2.75, 3.05) is 27.3 Å². The second-order valence-corrected chi connectivity index (χ2v) is 5.37. The van der Waals surface area contributed by atoms with E-state index in [1.165, 1.54) is 12.8 Å². The molecule has 0 aromatic carbocycles. The van der Waals surface area contributed by atoms with Crippen molar-refractivity contribution in [3.05, 3.63) is 23.9 Å². The molecule has 6 nitrogen and oxygen atoms in total. The summed E-state index contributed by atoms with van der Waals surface area (Å²) in [6, 6.07) is 3.98.